The van der Waals surface area contributed by atoms with Gasteiger partial charge in [0.2, 0.25) is 5.91 Å². The standard InChI is InChI=1S/C21H28N4O/c1-24(2)20(26)21(18-10-4-6-13-22-18,19-11-5-7-14-23-19)12-17-25-15-8-3-9-16-25/h4-7,10-11,13-14H,3,8-9,12,15-17H2,1-2H3. The van der Waals surface area contributed by atoms with Gasteiger partial charge in [-0.1, -0.05) is 18.6 Å². The number of piperidine rings is 1. The lowest BCUT2D eigenvalue weighted by Crippen LogP contribution is -2.48. The van der Waals surface area contributed by atoms with Crippen LogP contribution in [-0.4, -0.2) is 59.4 Å². The van der Waals surface area contributed by atoms with Gasteiger partial charge < -0.3 is 9.80 Å². The molecule has 26 heavy (non-hydrogen) atoms. The van der Waals surface area contributed by atoms with Crippen molar-refractivity contribution in [3.63, 3.8) is 0 Å². The van der Waals surface area contributed by atoms with E-state index in [1.807, 2.05) is 50.5 Å². The van der Waals surface area contributed by atoms with Gasteiger partial charge in [-0.05, 0) is 63.2 Å². The zero-order chi connectivity index (χ0) is 18.4. The van der Waals surface area contributed by atoms with Gasteiger partial charge in [0, 0.05) is 26.5 Å². The van der Waals surface area contributed by atoms with Crippen LogP contribution in [0, 0.1) is 0 Å². The predicted molar refractivity (Wildman–Crippen MR) is 103 cm³/mol. The van der Waals surface area contributed by atoms with E-state index in [1.165, 1.54) is 19.3 Å². The third-order valence-corrected chi connectivity index (χ3v) is 5.23. The van der Waals surface area contributed by atoms with Gasteiger partial charge in [0.15, 0.2) is 0 Å². The van der Waals surface area contributed by atoms with E-state index in [1.54, 1.807) is 17.3 Å². The number of hydrogen-bond donors (Lipinski definition) is 0. The second-order valence-electron chi connectivity index (χ2n) is 7.19. The van der Waals surface area contributed by atoms with Crippen molar-refractivity contribution < 1.29 is 4.79 Å². The van der Waals surface area contributed by atoms with Crippen LogP contribution in [0.15, 0.2) is 48.8 Å². The van der Waals surface area contributed by atoms with Crippen LogP contribution in [0.5, 0.6) is 0 Å². The largest absolute Gasteiger partial charge is 0.348 e. The summed E-state index contributed by atoms with van der Waals surface area (Å²) in [4.78, 5) is 26.8. The molecule has 0 spiro atoms. The van der Waals surface area contributed by atoms with Crippen molar-refractivity contribution in [3.05, 3.63) is 60.2 Å². The molecule has 0 radical (unpaired) electrons. The van der Waals surface area contributed by atoms with Crippen LogP contribution in [0.4, 0.5) is 0 Å². The Kier molecular flexibility index (Phi) is 5.99. The number of likely N-dealkylation sites (tertiary alicyclic amines) is 1. The van der Waals surface area contributed by atoms with E-state index in [2.05, 4.69) is 14.9 Å². The molecule has 0 aliphatic carbocycles. The molecule has 0 saturated carbocycles. The quantitative estimate of drug-likeness (QED) is 0.802. The summed E-state index contributed by atoms with van der Waals surface area (Å²) in [5.74, 6) is 0.0342. The van der Waals surface area contributed by atoms with Crippen molar-refractivity contribution in [2.45, 2.75) is 31.1 Å². The van der Waals surface area contributed by atoms with Crippen molar-refractivity contribution >= 4 is 5.91 Å². The average molecular weight is 352 g/mol. The minimum Gasteiger partial charge on any atom is -0.348 e. The van der Waals surface area contributed by atoms with E-state index in [9.17, 15) is 4.79 Å². The number of likely N-dealkylation sites (N-methyl/N-ethyl adjacent to an activating group) is 1. The summed E-state index contributed by atoms with van der Waals surface area (Å²) in [6.45, 7) is 3.08. The number of carbonyl (C=O) groups is 1. The second kappa shape index (κ2) is 8.41. The van der Waals surface area contributed by atoms with Gasteiger partial charge in [-0.2, -0.15) is 0 Å². The van der Waals surface area contributed by atoms with Gasteiger partial charge in [-0.3, -0.25) is 14.8 Å². The van der Waals surface area contributed by atoms with Crippen LogP contribution in [0.3, 0.4) is 0 Å². The zero-order valence-corrected chi connectivity index (χ0v) is 15.8. The smallest absolute Gasteiger partial charge is 0.240 e. The topological polar surface area (TPSA) is 49.3 Å². The maximum atomic E-state index is 13.5. The lowest BCUT2D eigenvalue weighted by Gasteiger charge is -2.36. The molecule has 2 aromatic heterocycles. The van der Waals surface area contributed by atoms with Crippen molar-refractivity contribution in [1.29, 1.82) is 0 Å². The summed E-state index contributed by atoms with van der Waals surface area (Å²) in [5, 5.41) is 0. The van der Waals surface area contributed by atoms with Gasteiger partial charge in [-0.25, -0.2) is 0 Å². The van der Waals surface area contributed by atoms with E-state index in [0.717, 1.165) is 31.0 Å². The van der Waals surface area contributed by atoms with Crippen LogP contribution in [0.25, 0.3) is 0 Å². The maximum absolute atomic E-state index is 13.5. The van der Waals surface area contributed by atoms with Crippen molar-refractivity contribution in [2.75, 3.05) is 33.7 Å². The fourth-order valence-corrected chi connectivity index (χ4v) is 3.83. The Morgan fingerprint density at radius 2 is 1.58 bits per heavy atom. The van der Waals surface area contributed by atoms with Crippen molar-refractivity contribution in [3.8, 4) is 0 Å². The van der Waals surface area contributed by atoms with E-state index in [0.29, 0.717) is 6.42 Å². The molecule has 0 bridgehead atoms. The number of rotatable bonds is 6. The summed E-state index contributed by atoms with van der Waals surface area (Å²) in [6.07, 6.45) is 7.98. The molecule has 1 fully saturated rings. The zero-order valence-electron chi connectivity index (χ0n) is 15.8. The Labute approximate surface area is 156 Å². The maximum Gasteiger partial charge on any atom is 0.240 e. The lowest BCUT2D eigenvalue weighted by molar-refractivity contribution is -0.134. The Bertz CT molecular complexity index is 657. The normalized spacial score (nSPS) is 15.6. The highest BCUT2D eigenvalue weighted by atomic mass is 16.2. The first-order valence-electron chi connectivity index (χ1n) is 9.42. The first-order chi connectivity index (χ1) is 12.6. The third kappa shape index (κ3) is 3.78. The van der Waals surface area contributed by atoms with Gasteiger partial charge in [0.1, 0.15) is 5.41 Å². The number of hydrogen-bond acceptors (Lipinski definition) is 4. The number of carbonyl (C=O) groups excluding carboxylic acids is 1. The first kappa shape index (κ1) is 18.5. The Hall–Kier alpha value is -2.27. The fraction of sp³-hybridized carbons (Fsp3) is 0.476. The molecular weight excluding hydrogens is 324 g/mol. The molecule has 3 rings (SSSR count). The monoisotopic (exact) mass is 352 g/mol. The highest BCUT2D eigenvalue weighted by molar-refractivity contribution is 5.90. The van der Waals surface area contributed by atoms with Crippen molar-refractivity contribution in [2.24, 2.45) is 0 Å². The lowest BCUT2D eigenvalue weighted by atomic mass is 9.75. The van der Waals surface area contributed by atoms with Gasteiger partial charge in [0.05, 0.1) is 11.4 Å². The van der Waals surface area contributed by atoms with E-state index in [4.69, 9.17) is 0 Å². The molecule has 2 aromatic rings. The molecule has 0 aromatic carbocycles. The van der Waals surface area contributed by atoms with Gasteiger partial charge >= 0.3 is 0 Å². The third-order valence-electron chi connectivity index (χ3n) is 5.23. The minimum atomic E-state index is -0.858. The molecule has 1 aliphatic rings. The second-order valence-corrected chi connectivity index (χ2v) is 7.19. The van der Waals surface area contributed by atoms with Gasteiger partial charge in [-0.15, -0.1) is 0 Å². The molecule has 5 nitrogen and oxygen atoms in total. The minimum absolute atomic E-state index is 0.0342. The summed E-state index contributed by atoms with van der Waals surface area (Å²) >= 11 is 0. The number of pyridine rings is 2. The molecule has 0 unspecified atom stereocenters. The molecule has 3 heterocycles. The fourth-order valence-electron chi connectivity index (χ4n) is 3.83. The summed E-state index contributed by atoms with van der Waals surface area (Å²) in [5.41, 5.74) is 0.688. The van der Waals surface area contributed by atoms with Crippen LogP contribution in [0.1, 0.15) is 37.1 Å². The number of aromatic nitrogens is 2. The highest BCUT2D eigenvalue weighted by Crippen LogP contribution is 2.35. The molecule has 138 valence electrons. The predicted octanol–water partition coefficient (Wildman–Crippen LogP) is 2.73. The van der Waals surface area contributed by atoms with Gasteiger partial charge in [0.25, 0.3) is 0 Å². The number of amides is 1. The molecular formula is C21H28N4O. The van der Waals surface area contributed by atoms with Crippen LogP contribution in [-0.2, 0) is 10.2 Å². The Morgan fingerprint density at radius 3 is 2.04 bits per heavy atom. The van der Waals surface area contributed by atoms with Crippen LogP contribution in [0.2, 0.25) is 0 Å². The Balaban J connectivity index is 2.03. The van der Waals surface area contributed by atoms with E-state index in [-0.39, 0.29) is 5.91 Å². The Morgan fingerprint density at radius 1 is 1.00 bits per heavy atom. The first-order valence-corrected chi connectivity index (χ1v) is 9.42. The SMILES string of the molecule is CN(C)C(=O)C(CCN1CCCCC1)(c1ccccn1)c1ccccn1. The molecule has 0 atom stereocenters. The molecule has 5 heteroatoms. The summed E-state index contributed by atoms with van der Waals surface area (Å²) in [7, 11) is 3.62. The van der Waals surface area contributed by atoms with E-state index < -0.39 is 5.41 Å². The summed E-state index contributed by atoms with van der Waals surface area (Å²) < 4.78 is 0. The molecule has 1 aliphatic heterocycles. The highest BCUT2D eigenvalue weighted by Gasteiger charge is 2.45. The molecule has 1 saturated heterocycles. The molecule has 0 N–H and O–H groups in total. The summed E-state index contributed by atoms with van der Waals surface area (Å²) in [6, 6.07) is 11.6. The van der Waals surface area contributed by atoms with Crippen LogP contribution < -0.4 is 0 Å². The van der Waals surface area contributed by atoms with Crippen LogP contribution >= 0.6 is 0 Å². The van der Waals surface area contributed by atoms with Crippen molar-refractivity contribution in [1.82, 2.24) is 19.8 Å². The average Bonchev–Trinajstić information content (AvgIpc) is 2.70. The van der Waals surface area contributed by atoms with E-state index >= 15 is 0 Å². The molecule has 1 amide bonds. The number of nitrogens with zero attached hydrogens (tertiary/aromatic N) is 4.